The molecule has 0 bridgehead atoms. The van der Waals surface area contributed by atoms with E-state index in [1.54, 1.807) is 72.8 Å². The molecule has 0 aromatic heterocycles. The van der Waals surface area contributed by atoms with Gasteiger partial charge in [0.15, 0.2) is 0 Å². The number of aromatic carboxylic acids is 3. The molecular weight excluding hydrogens is 679 g/mol. The second-order valence-corrected chi connectivity index (χ2v) is 13.9. The highest BCUT2D eigenvalue weighted by Crippen LogP contribution is 2.35. The van der Waals surface area contributed by atoms with E-state index in [-0.39, 0.29) is 16.7 Å². The first-order valence-corrected chi connectivity index (χ1v) is 17.5. The molecular formula is C42H33O9P. The van der Waals surface area contributed by atoms with E-state index >= 15 is 0 Å². The van der Waals surface area contributed by atoms with Crippen molar-refractivity contribution in [2.24, 2.45) is 0 Å². The fourth-order valence-electron chi connectivity index (χ4n) is 5.25. The van der Waals surface area contributed by atoms with E-state index < -0.39 is 25.8 Å². The molecule has 3 N–H and O–H groups in total. The topological polar surface area (TPSA) is 140 Å². The predicted octanol–water partition coefficient (Wildman–Crippen LogP) is 7.28. The number of rotatable bonds is 15. The minimum atomic E-state index is -1.01. The van der Waals surface area contributed by atoms with Crippen molar-refractivity contribution in [2.75, 3.05) is 0 Å². The quantitative estimate of drug-likeness (QED) is 0.0938. The number of hydrogen-bond donors (Lipinski definition) is 3. The summed E-state index contributed by atoms with van der Waals surface area (Å²) in [4.78, 5) is 33.5. The molecule has 0 aliphatic rings. The van der Waals surface area contributed by atoms with Crippen molar-refractivity contribution in [3.05, 3.63) is 179 Å². The van der Waals surface area contributed by atoms with Gasteiger partial charge in [-0.05, 0) is 113 Å². The van der Waals surface area contributed by atoms with Crippen LogP contribution in [0.5, 0.6) is 17.2 Å². The van der Waals surface area contributed by atoms with Crippen molar-refractivity contribution in [3.63, 3.8) is 0 Å². The Morgan fingerprint density at radius 1 is 0.365 bits per heavy atom. The van der Waals surface area contributed by atoms with Crippen LogP contribution in [-0.2, 0) is 19.8 Å². The summed E-state index contributed by atoms with van der Waals surface area (Å²) in [7, 11) is -1.01. The molecule has 0 aliphatic heterocycles. The third-order valence-electron chi connectivity index (χ3n) is 8.10. The smallest absolute Gasteiger partial charge is 0.335 e. The maximum atomic E-state index is 11.2. The van der Waals surface area contributed by atoms with Crippen LogP contribution >= 0.6 is 7.92 Å². The van der Waals surface area contributed by atoms with Gasteiger partial charge in [-0.1, -0.05) is 72.8 Å². The van der Waals surface area contributed by atoms with Gasteiger partial charge in [0.2, 0.25) is 0 Å². The Bertz CT molecular complexity index is 1880. The van der Waals surface area contributed by atoms with Crippen LogP contribution in [0.25, 0.3) is 0 Å². The first-order valence-electron chi connectivity index (χ1n) is 16.2. The predicted molar refractivity (Wildman–Crippen MR) is 198 cm³/mol. The van der Waals surface area contributed by atoms with Crippen LogP contribution < -0.4 is 30.1 Å². The van der Waals surface area contributed by atoms with Crippen molar-refractivity contribution < 1.29 is 43.9 Å². The number of carboxylic acids is 3. The van der Waals surface area contributed by atoms with E-state index in [0.29, 0.717) is 37.1 Å². The standard InChI is InChI=1S/C42H33O9P/c43-40(44)31-7-1-28(2-8-31)25-49-34-13-19-37(20-14-34)52(38-21-15-35(16-22-38)50-26-29-3-9-32(10-4-29)41(45)46)39-23-17-36(18-24-39)51-27-30-5-11-33(12-6-30)42(47)48/h1-24H,25-27H2,(H,43,44)(H,45,46)(H,47,48). The second kappa shape index (κ2) is 16.5. The molecule has 6 aromatic carbocycles. The van der Waals surface area contributed by atoms with E-state index in [9.17, 15) is 14.4 Å². The molecule has 6 aromatic rings. The van der Waals surface area contributed by atoms with E-state index in [4.69, 9.17) is 29.5 Å². The zero-order valence-electron chi connectivity index (χ0n) is 27.7. The SMILES string of the molecule is O=C(O)c1ccc(COc2ccc(P(c3ccc(OCc4ccc(C(=O)O)cc4)cc3)c3ccc(OCc4ccc(C(=O)O)cc4)cc3)cc2)cc1. The molecule has 260 valence electrons. The van der Waals surface area contributed by atoms with E-state index in [2.05, 4.69) is 0 Å². The Morgan fingerprint density at radius 3 is 0.808 bits per heavy atom. The van der Waals surface area contributed by atoms with Crippen molar-refractivity contribution >= 4 is 41.7 Å². The van der Waals surface area contributed by atoms with Gasteiger partial charge in [-0.3, -0.25) is 0 Å². The summed E-state index contributed by atoms with van der Waals surface area (Å²) in [6, 6.07) is 43.6. The van der Waals surface area contributed by atoms with Gasteiger partial charge in [-0.2, -0.15) is 0 Å². The fourth-order valence-corrected chi connectivity index (χ4v) is 7.49. The minimum absolute atomic E-state index is 0.222. The van der Waals surface area contributed by atoms with Crippen LogP contribution in [0.4, 0.5) is 0 Å². The van der Waals surface area contributed by atoms with Gasteiger partial charge in [0, 0.05) is 0 Å². The molecule has 0 amide bonds. The average Bonchev–Trinajstić information content (AvgIpc) is 3.17. The zero-order valence-corrected chi connectivity index (χ0v) is 28.6. The summed E-state index contributed by atoms with van der Waals surface area (Å²) in [5.41, 5.74) is 3.24. The molecule has 0 saturated heterocycles. The van der Waals surface area contributed by atoms with Gasteiger partial charge < -0.3 is 29.5 Å². The van der Waals surface area contributed by atoms with Gasteiger partial charge in [-0.25, -0.2) is 14.4 Å². The highest BCUT2D eigenvalue weighted by molar-refractivity contribution is 7.79. The Morgan fingerprint density at radius 2 is 0.596 bits per heavy atom. The molecule has 0 aliphatic carbocycles. The van der Waals surface area contributed by atoms with Crippen LogP contribution in [-0.4, -0.2) is 33.2 Å². The summed E-state index contributed by atoms with van der Waals surface area (Å²) >= 11 is 0. The summed E-state index contributed by atoms with van der Waals surface area (Å²) < 4.78 is 18.0. The van der Waals surface area contributed by atoms with E-state index in [0.717, 1.165) is 32.6 Å². The molecule has 6 rings (SSSR count). The molecule has 0 spiro atoms. The van der Waals surface area contributed by atoms with Gasteiger partial charge in [0.05, 0.1) is 16.7 Å². The lowest BCUT2D eigenvalue weighted by Crippen LogP contribution is -2.20. The molecule has 0 unspecified atom stereocenters. The van der Waals surface area contributed by atoms with Crippen LogP contribution in [0, 0.1) is 0 Å². The Hall–Kier alpha value is -6.44. The number of carbonyl (C=O) groups is 3. The highest BCUT2D eigenvalue weighted by atomic mass is 31.1. The van der Waals surface area contributed by atoms with Crippen LogP contribution in [0.15, 0.2) is 146 Å². The minimum Gasteiger partial charge on any atom is -0.489 e. The van der Waals surface area contributed by atoms with Gasteiger partial charge in [0.25, 0.3) is 0 Å². The summed E-state index contributed by atoms with van der Waals surface area (Å²) in [5, 5.41) is 30.7. The maximum absolute atomic E-state index is 11.2. The first-order chi connectivity index (χ1) is 25.2. The van der Waals surface area contributed by atoms with Crippen LogP contribution in [0.1, 0.15) is 47.8 Å². The Kier molecular flexibility index (Phi) is 11.2. The van der Waals surface area contributed by atoms with Crippen LogP contribution in [0.3, 0.4) is 0 Å². The second-order valence-electron chi connectivity index (χ2n) is 11.7. The highest BCUT2D eigenvalue weighted by Gasteiger charge is 2.18. The maximum Gasteiger partial charge on any atom is 0.335 e. The first kappa shape index (κ1) is 35.4. The van der Waals surface area contributed by atoms with Crippen LogP contribution in [0.2, 0.25) is 0 Å². The lowest BCUT2D eigenvalue weighted by atomic mass is 10.1. The number of ether oxygens (including phenoxy) is 3. The fraction of sp³-hybridized carbons (Fsp3) is 0.0714. The summed E-state index contributed by atoms with van der Waals surface area (Å²) in [5.74, 6) is -0.876. The monoisotopic (exact) mass is 712 g/mol. The molecule has 0 heterocycles. The molecule has 9 nitrogen and oxygen atoms in total. The van der Waals surface area contributed by atoms with Gasteiger partial charge in [-0.15, -0.1) is 0 Å². The largest absolute Gasteiger partial charge is 0.489 e. The van der Waals surface area contributed by atoms with Gasteiger partial charge >= 0.3 is 17.9 Å². The normalized spacial score (nSPS) is 10.8. The molecule has 0 radical (unpaired) electrons. The Labute approximate surface area is 301 Å². The third kappa shape index (κ3) is 9.21. The van der Waals surface area contributed by atoms with Crippen molar-refractivity contribution in [1.29, 1.82) is 0 Å². The Balaban J connectivity index is 1.18. The molecule has 10 heteroatoms. The summed E-state index contributed by atoms with van der Waals surface area (Å²) in [6.07, 6.45) is 0. The number of carboxylic acid groups (broad SMARTS) is 3. The zero-order chi connectivity index (χ0) is 36.5. The molecule has 0 saturated carbocycles. The van der Waals surface area contributed by atoms with Crippen molar-refractivity contribution in [2.45, 2.75) is 19.8 Å². The lowest BCUT2D eigenvalue weighted by Gasteiger charge is -2.20. The average molecular weight is 713 g/mol. The van der Waals surface area contributed by atoms with Crippen molar-refractivity contribution in [1.82, 2.24) is 0 Å². The third-order valence-corrected chi connectivity index (χ3v) is 10.5. The molecule has 0 fully saturated rings. The summed E-state index contributed by atoms with van der Waals surface area (Å²) in [6.45, 7) is 0.888. The number of hydrogen-bond acceptors (Lipinski definition) is 6. The number of benzene rings is 6. The van der Waals surface area contributed by atoms with E-state index in [1.807, 2.05) is 72.8 Å². The lowest BCUT2D eigenvalue weighted by molar-refractivity contribution is 0.0686. The van der Waals surface area contributed by atoms with Gasteiger partial charge in [0.1, 0.15) is 37.1 Å². The molecule has 0 atom stereocenters. The van der Waals surface area contributed by atoms with E-state index in [1.165, 1.54) is 0 Å². The molecule has 52 heavy (non-hydrogen) atoms. The van der Waals surface area contributed by atoms with Crippen molar-refractivity contribution in [3.8, 4) is 17.2 Å².